The third-order valence-corrected chi connectivity index (χ3v) is 6.11. The van der Waals surface area contributed by atoms with Crippen LogP contribution in [0.1, 0.15) is 48.0 Å². The quantitative estimate of drug-likeness (QED) is 0.851. The lowest BCUT2D eigenvalue weighted by atomic mass is 10.1. The number of hydrogen-bond donors (Lipinski definition) is 1. The third kappa shape index (κ3) is 3.26. The average Bonchev–Trinajstić information content (AvgIpc) is 3.33. The number of benzene rings is 1. The number of nitrogens with zero attached hydrogens (tertiary/aromatic N) is 4. The Morgan fingerprint density at radius 3 is 2.82 bits per heavy atom. The van der Waals surface area contributed by atoms with E-state index in [9.17, 15) is 14.4 Å². The number of carbonyl (C=O) groups is 3. The Labute approximate surface area is 166 Å². The second kappa shape index (κ2) is 7.31. The van der Waals surface area contributed by atoms with Crippen molar-refractivity contribution in [3.05, 3.63) is 34.8 Å². The van der Waals surface area contributed by atoms with E-state index in [2.05, 4.69) is 15.5 Å². The third-order valence-electron chi connectivity index (χ3n) is 4.97. The van der Waals surface area contributed by atoms with E-state index in [4.69, 9.17) is 0 Å². The maximum atomic E-state index is 13.1. The molecule has 2 aliphatic rings. The molecule has 3 heterocycles. The number of aromatic nitrogens is 2. The number of anilines is 2. The van der Waals surface area contributed by atoms with Crippen molar-refractivity contribution in [3.8, 4) is 0 Å². The first kappa shape index (κ1) is 18.5. The lowest BCUT2D eigenvalue weighted by molar-refractivity contribution is -0.124. The number of fused-ring (bicyclic) bond motifs is 2. The molecule has 0 spiro atoms. The van der Waals surface area contributed by atoms with E-state index in [0.717, 1.165) is 11.4 Å². The van der Waals surface area contributed by atoms with Gasteiger partial charge in [0.05, 0.1) is 11.3 Å². The highest BCUT2D eigenvalue weighted by Gasteiger charge is 2.42. The molecule has 9 heteroatoms. The zero-order valence-electron chi connectivity index (χ0n) is 15.7. The second-order valence-corrected chi connectivity index (χ2v) is 8.26. The molecule has 1 saturated heterocycles. The van der Waals surface area contributed by atoms with Crippen molar-refractivity contribution in [3.63, 3.8) is 0 Å². The van der Waals surface area contributed by atoms with Gasteiger partial charge < -0.3 is 9.80 Å². The summed E-state index contributed by atoms with van der Waals surface area (Å²) < 4.78 is 0. The van der Waals surface area contributed by atoms with Gasteiger partial charge in [-0.15, -0.1) is 10.2 Å². The number of nitrogens with one attached hydrogen (secondary N) is 1. The highest BCUT2D eigenvalue weighted by Crippen LogP contribution is 2.32. The summed E-state index contributed by atoms with van der Waals surface area (Å²) in [6.45, 7) is 4.39. The van der Waals surface area contributed by atoms with E-state index in [1.807, 2.05) is 13.8 Å². The van der Waals surface area contributed by atoms with Crippen LogP contribution >= 0.6 is 11.3 Å². The minimum absolute atomic E-state index is 0.153. The van der Waals surface area contributed by atoms with Crippen molar-refractivity contribution in [2.75, 3.05) is 23.3 Å². The highest BCUT2D eigenvalue weighted by atomic mass is 32.1. The Kier molecular flexibility index (Phi) is 4.84. The molecule has 3 amide bonds. The highest BCUT2D eigenvalue weighted by molar-refractivity contribution is 7.15. The molecule has 0 unspecified atom stereocenters. The normalized spacial score (nSPS) is 18.9. The van der Waals surface area contributed by atoms with Gasteiger partial charge in [-0.1, -0.05) is 37.3 Å². The monoisotopic (exact) mass is 399 g/mol. The van der Waals surface area contributed by atoms with Gasteiger partial charge in [0.25, 0.3) is 5.91 Å². The Hall–Kier alpha value is -2.81. The molecule has 8 nitrogen and oxygen atoms in total. The van der Waals surface area contributed by atoms with Crippen LogP contribution in [0.5, 0.6) is 0 Å². The van der Waals surface area contributed by atoms with Crippen LogP contribution in [0.15, 0.2) is 24.3 Å². The molecule has 0 aliphatic carbocycles. The summed E-state index contributed by atoms with van der Waals surface area (Å²) in [4.78, 5) is 41.7. The van der Waals surface area contributed by atoms with Crippen LogP contribution in [0, 0.1) is 0 Å². The molecule has 146 valence electrons. The van der Waals surface area contributed by atoms with Gasteiger partial charge in [-0.05, 0) is 25.0 Å². The lowest BCUT2D eigenvalue weighted by Gasteiger charge is -2.25. The van der Waals surface area contributed by atoms with Crippen molar-refractivity contribution < 1.29 is 14.4 Å². The van der Waals surface area contributed by atoms with Gasteiger partial charge in [0.15, 0.2) is 0 Å². The van der Waals surface area contributed by atoms with Crippen LogP contribution in [0.25, 0.3) is 0 Å². The van der Waals surface area contributed by atoms with Gasteiger partial charge >= 0.3 is 0 Å². The fraction of sp³-hybridized carbons (Fsp3) is 0.421. The van der Waals surface area contributed by atoms with Crippen LogP contribution in [0.2, 0.25) is 0 Å². The zero-order chi connectivity index (χ0) is 19.8. The maximum absolute atomic E-state index is 13.1. The van der Waals surface area contributed by atoms with Gasteiger partial charge in [0.1, 0.15) is 17.6 Å². The van der Waals surface area contributed by atoms with Crippen molar-refractivity contribution >= 4 is 39.9 Å². The van der Waals surface area contributed by atoms with Crippen LogP contribution in [-0.2, 0) is 9.59 Å². The van der Waals surface area contributed by atoms with Gasteiger partial charge in [-0.25, -0.2) is 0 Å². The largest absolute Gasteiger partial charge is 0.327 e. The molecule has 4 rings (SSSR count). The second-order valence-electron chi connectivity index (χ2n) is 7.25. The molecule has 1 fully saturated rings. The van der Waals surface area contributed by atoms with Crippen LogP contribution < -0.4 is 10.2 Å². The molecular formula is C19H21N5O3S. The minimum Gasteiger partial charge on any atom is -0.327 e. The van der Waals surface area contributed by atoms with E-state index in [1.54, 1.807) is 29.2 Å². The zero-order valence-corrected chi connectivity index (χ0v) is 16.5. The van der Waals surface area contributed by atoms with Crippen LogP contribution in [0.4, 0.5) is 10.8 Å². The molecular weight excluding hydrogens is 378 g/mol. The number of para-hydroxylation sites is 1. The Morgan fingerprint density at radius 1 is 1.29 bits per heavy atom. The van der Waals surface area contributed by atoms with Crippen molar-refractivity contribution in [2.45, 2.75) is 38.6 Å². The first-order chi connectivity index (χ1) is 13.5. The van der Waals surface area contributed by atoms with Crippen molar-refractivity contribution in [1.82, 2.24) is 15.1 Å². The maximum Gasteiger partial charge on any atom is 0.256 e. The van der Waals surface area contributed by atoms with Crippen molar-refractivity contribution in [2.24, 2.45) is 0 Å². The summed E-state index contributed by atoms with van der Waals surface area (Å²) in [7, 11) is 0. The Bertz CT molecular complexity index is 941. The summed E-state index contributed by atoms with van der Waals surface area (Å²) in [6.07, 6.45) is 1.40. The SMILES string of the molecule is CC(C)c1nnc(NC(=O)CN2C(=O)[C@@H]3CCCN3C(=O)c3ccccc32)s1. The van der Waals surface area contributed by atoms with Crippen molar-refractivity contribution in [1.29, 1.82) is 0 Å². The summed E-state index contributed by atoms with van der Waals surface area (Å²) in [5.41, 5.74) is 0.924. The molecule has 1 N–H and O–H groups in total. The molecule has 1 atom stereocenters. The molecule has 1 aromatic carbocycles. The van der Waals surface area contributed by atoms with E-state index < -0.39 is 6.04 Å². The van der Waals surface area contributed by atoms with E-state index in [0.29, 0.717) is 29.3 Å². The number of hydrogen-bond acceptors (Lipinski definition) is 6. The number of amides is 3. The Morgan fingerprint density at radius 2 is 2.07 bits per heavy atom. The summed E-state index contributed by atoms with van der Waals surface area (Å²) in [5.74, 6) is -0.513. The van der Waals surface area contributed by atoms with Gasteiger partial charge in [-0.3, -0.25) is 19.7 Å². The predicted octanol–water partition coefficient (Wildman–Crippen LogP) is 2.25. The van der Waals surface area contributed by atoms with E-state index >= 15 is 0 Å². The molecule has 0 saturated carbocycles. The smallest absolute Gasteiger partial charge is 0.256 e. The topological polar surface area (TPSA) is 95.5 Å². The van der Waals surface area contributed by atoms with E-state index in [-0.39, 0.29) is 30.2 Å². The predicted molar refractivity (Wildman–Crippen MR) is 105 cm³/mol. The van der Waals surface area contributed by atoms with Crippen LogP contribution in [0.3, 0.4) is 0 Å². The lowest BCUT2D eigenvalue weighted by Crippen LogP contribution is -2.47. The summed E-state index contributed by atoms with van der Waals surface area (Å²) in [5, 5.41) is 12.0. The average molecular weight is 399 g/mol. The summed E-state index contributed by atoms with van der Waals surface area (Å²) >= 11 is 1.32. The standard InChI is InChI=1S/C19H21N5O3S/c1-11(2)16-21-22-19(28-16)20-15(25)10-24-13-7-4-3-6-12(13)17(26)23-9-5-8-14(23)18(24)27/h3-4,6-7,11,14H,5,8-10H2,1-2H3,(H,20,22,25)/t14-/m0/s1. The molecule has 28 heavy (non-hydrogen) atoms. The number of rotatable bonds is 4. The fourth-order valence-corrected chi connectivity index (χ4v) is 4.36. The molecule has 0 bridgehead atoms. The minimum atomic E-state index is -0.512. The molecule has 2 aliphatic heterocycles. The van der Waals surface area contributed by atoms with Gasteiger partial charge in [0, 0.05) is 12.5 Å². The van der Waals surface area contributed by atoms with Crippen LogP contribution in [-0.4, -0.2) is 52.0 Å². The van der Waals surface area contributed by atoms with E-state index in [1.165, 1.54) is 16.2 Å². The molecule has 2 aromatic rings. The molecule has 0 radical (unpaired) electrons. The number of carbonyl (C=O) groups excluding carboxylic acids is 3. The fourth-order valence-electron chi connectivity index (χ4n) is 3.59. The van der Waals surface area contributed by atoms with Gasteiger partial charge in [-0.2, -0.15) is 0 Å². The Balaban J connectivity index is 1.59. The molecule has 1 aromatic heterocycles. The first-order valence-electron chi connectivity index (χ1n) is 9.30. The summed E-state index contributed by atoms with van der Waals surface area (Å²) in [6, 6.07) is 6.44. The van der Waals surface area contributed by atoms with Gasteiger partial charge in [0.2, 0.25) is 16.9 Å². The first-order valence-corrected chi connectivity index (χ1v) is 10.1.